The Morgan fingerprint density at radius 2 is 1.89 bits per heavy atom. The van der Waals surface area contributed by atoms with E-state index in [4.69, 9.17) is 0 Å². The molecular weight excluding hydrogens is 257 g/mol. The number of hydrogen-bond acceptors (Lipinski definition) is 2. The molecule has 18 heavy (non-hydrogen) atoms. The van der Waals surface area contributed by atoms with Crippen LogP contribution in [0.2, 0.25) is 0 Å². The first-order chi connectivity index (χ1) is 8.79. The molecule has 0 saturated carbocycles. The SMILES string of the molecule is CSc1cccc(C(P)NCc2ccccc2)c1. The summed E-state index contributed by atoms with van der Waals surface area (Å²) in [5.74, 6) is 0.289. The normalized spacial score (nSPS) is 12.3. The predicted molar refractivity (Wildman–Crippen MR) is 84.0 cm³/mol. The minimum atomic E-state index is 0.289. The summed E-state index contributed by atoms with van der Waals surface area (Å²) in [6.07, 6.45) is 2.11. The Kier molecular flexibility index (Phi) is 5.25. The molecule has 3 heteroatoms. The average molecular weight is 275 g/mol. The van der Waals surface area contributed by atoms with Gasteiger partial charge >= 0.3 is 0 Å². The number of hydrogen-bond donors (Lipinski definition) is 1. The zero-order valence-corrected chi connectivity index (χ0v) is 12.4. The van der Waals surface area contributed by atoms with E-state index in [1.807, 2.05) is 6.07 Å². The van der Waals surface area contributed by atoms with E-state index in [-0.39, 0.29) is 5.78 Å². The second kappa shape index (κ2) is 6.94. The van der Waals surface area contributed by atoms with E-state index in [9.17, 15) is 0 Å². The van der Waals surface area contributed by atoms with Crippen molar-refractivity contribution in [3.05, 3.63) is 65.7 Å². The highest BCUT2D eigenvalue weighted by molar-refractivity contribution is 7.98. The molecule has 2 rings (SSSR count). The lowest BCUT2D eigenvalue weighted by molar-refractivity contribution is 0.677. The fourth-order valence-corrected chi connectivity index (χ4v) is 2.57. The van der Waals surface area contributed by atoms with Crippen LogP contribution >= 0.6 is 21.0 Å². The zero-order chi connectivity index (χ0) is 12.8. The second-order valence-corrected chi connectivity index (χ2v) is 5.67. The van der Waals surface area contributed by atoms with E-state index in [0.29, 0.717) is 0 Å². The Balaban J connectivity index is 1.97. The quantitative estimate of drug-likeness (QED) is 0.652. The summed E-state index contributed by atoms with van der Waals surface area (Å²) in [6.45, 7) is 0.887. The third-order valence-electron chi connectivity index (χ3n) is 2.82. The van der Waals surface area contributed by atoms with Gasteiger partial charge in [-0.05, 0) is 29.5 Å². The maximum absolute atomic E-state index is 3.52. The van der Waals surface area contributed by atoms with Crippen LogP contribution in [0.4, 0.5) is 0 Å². The first-order valence-corrected chi connectivity index (χ1v) is 7.85. The smallest absolute Gasteiger partial charge is 0.0466 e. The van der Waals surface area contributed by atoms with Gasteiger partial charge in [0.25, 0.3) is 0 Å². The predicted octanol–water partition coefficient (Wildman–Crippen LogP) is 4.07. The summed E-state index contributed by atoms with van der Waals surface area (Å²) in [5.41, 5.74) is 2.62. The molecule has 0 aliphatic rings. The molecule has 94 valence electrons. The molecule has 0 aliphatic heterocycles. The monoisotopic (exact) mass is 275 g/mol. The van der Waals surface area contributed by atoms with Gasteiger partial charge in [-0.15, -0.1) is 21.0 Å². The van der Waals surface area contributed by atoms with Crippen molar-refractivity contribution in [1.29, 1.82) is 0 Å². The molecule has 2 unspecified atom stereocenters. The number of nitrogens with one attached hydrogen (secondary N) is 1. The molecule has 1 N–H and O–H groups in total. The maximum Gasteiger partial charge on any atom is 0.0466 e. The minimum absolute atomic E-state index is 0.289. The molecule has 0 radical (unpaired) electrons. The Hall–Kier alpha value is -0.820. The molecule has 2 aromatic rings. The largest absolute Gasteiger partial charge is 0.303 e. The molecule has 1 nitrogen and oxygen atoms in total. The Morgan fingerprint density at radius 1 is 1.11 bits per heavy atom. The van der Waals surface area contributed by atoms with Crippen molar-refractivity contribution in [3.63, 3.8) is 0 Å². The minimum Gasteiger partial charge on any atom is -0.303 e. The topological polar surface area (TPSA) is 12.0 Å². The molecule has 0 heterocycles. The summed E-state index contributed by atoms with van der Waals surface area (Å²) in [6, 6.07) is 19.1. The van der Waals surface area contributed by atoms with Crippen LogP contribution in [0.5, 0.6) is 0 Å². The van der Waals surface area contributed by atoms with E-state index < -0.39 is 0 Å². The summed E-state index contributed by atoms with van der Waals surface area (Å²) in [5, 5.41) is 3.52. The van der Waals surface area contributed by atoms with E-state index >= 15 is 0 Å². The van der Waals surface area contributed by atoms with Crippen LogP contribution in [0, 0.1) is 0 Å². The summed E-state index contributed by atoms with van der Waals surface area (Å²) in [4.78, 5) is 1.31. The zero-order valence-electron chi connectivity index (χ0n) is 10.5. The highest BCUT2D eigenvalue weighted by atomic mass is 32.2. The van der Waals surface area contributed by atoms with Crippen LogP contribution in [-0.2, 0) is 6.54 Å². The molecular formula is C15H18NPS. The Bertz CT molecular complexity index is 487. The number of thioether (sulfide) groups is 1. The molecule has 2 aromatic carbocycles. The van der Waals surface area contributed by atoms with Crippen molar-refractivity contribution in [3.8, 4) is 0 Å². The lowest BCUT2D eigenvalue weighted by Crippen LogP contribution is -2.15. The molecule has 0 amide bonds. The fraction of sp³-hybridized carbons (Fsp3) is 0.200. The maximum atomic E-state index is 3.52. The van der Waals surface area contributed by atoms with Crippen molar-refractivity contribution >= 4 is 21.0 Å². The number of benzene rings is 2. The summed E-state index contributed by atoms with van der Waals surface area (Å²) >= 11 is 1.78. The Morgan fingerprint density at radius 3 is 2.61 bits per heavy atom. The van der Waals surface area contributed by atoms with Gasteiger partial charge in [-0.3, -0.25) is 0 Å². The molecule has 0 bridgehead atoms. The van der Waals surface area contributed by atoms with Gasteiger partial charge in [0, 0.05) is 17.2 Å². The second-order valence-electron chi connectivity index (χ2n) is 4.12. The van der Waals surface area contributed by atoms with E-state index in [1.54, 1.807) is 11.8 Å². The van der Waals surface area contributed by atoms with Crippen LogP contribution < -0.4 is 5.32 Å². The summed E-state index contributed by atoms with van der Waals surface area (Å²) < 4.78 is 0. The van der Waals surface area contributed by atoms with Gasteiger partial charge < -0.3 is 5.32 Å². The van der Waals surface area contributed by atoms with Crippen molar-refractivity contribution < 1.29 is 0 Å². The van der Waals surface area contributed by atoms with E-state index in [0.717, 1.165) is 6.54 Å². The highest BCUT2D eigenvalue weighted by Gasteiger charge is 2.05. The third-order valence-corrected chi connectivity index (χ3v) is 4.17. The fourth-order valence-electron chi connectivity index (χ4n) is 1.78. The third kappa shape index (κ3) is 3.84. The van der Waals surface area contributed by atoms with Gasteiger partial charge in [0.2, 0.25) is 0 Å². The van der Waals surface area contributed by atoms with E-state index in [2.05, 4.69) is 69.3 Å². The van der Waals surface area contributed by atoms with Gasteiger partial charge in [-0.25, -0.2) is 0 Å². The molecule has 2 atom stereocenters. The standard InChI is InChI=1S/C15H18NPS/c1-18-14-9-5-8-13(10-14)15(17)16-11-12-6-3-2-4-7-12/h2-10,15-16H,11,17H2,1H3. The lowest BCUT2D eigenvalue weighted by Gasteiger charge is -2.15. The first-order valence-electron chi connectivity index (χ1n) is 5.96. The Labute approximate surface area is 116 Å². The molecule has 0 aliphatic carbocycles. The van der Waals surface area contributed by atoms with Crippen LogP contribution in [0.3, 0.4) is 0 Å². The lowest BCUT2D eigenvalue weighted by atomic mass is 10.2. The highest BCUT2D eigenvalue weighted by Crippen LogP contribution is 2.24. The summed E-state index contributed by atoms with van der Waals surface area (Å²) in [7, 11) is 2.87. The van der Waals surface area contributed by atoms with Crippen molar-refractivity contribution in [2.24, 2.45) is 0 Å². The van der Waals surface area contributed by atoms with Crippen molar-refractivity contribution in [2.75, 3.05) is 6.26 Å². The van der Waals surface area contributed by atoms with Crippen LogP contribution in [0.25, 0.3) is 0 Å². The van der Waals surface area contributed by atoms with Gasteiger partial charge in [-0.2, -0.15) is 0 Å². The van der Waals surface area contributed by atoms with Gasteiger partial charge in [0.15, 0.2) is 0 Å². The molecule has 0 spiro atoms. The van der Waals surface area contributed by atoms with Crippen molar-refractivity contribution in [1.82, 2.24) is 5.32 Å². The van der Waals surface area contributed by atoms with Gasteiger partial charge in [0.05, 0.1) is 0 Å². The molecule has 0 saturated heterocycles. The van der Waals surface area contributed by atoms with Crippen LogP contribution in [0.1, 0.15) is 16.9 Å². The van der Waals surface area contributed by atoms with E-state index in [1.165, 1.54) is 16.0 Å². The van der Waals surface area contributed by atoms with Crippen molar-refractivity contribution in [2.45, 2.75) is 17.2 Å². The molecule has 0 fully saturated rings. The average Bonchev–Trinajstić information content (AvgIpc) is 2.46. The van der Waals surface area contributed by atoms with Gasteiger partial charge in [-0.1, -0.05) is 42.5 Å². The van der Waals surface area contributed by atoms with Crippen LogP contribution in [0.15, 0.2) is 59.5 Å². The van der Waals surface area contributed by atoms with Crippen LogP contribution in [-0.4, -0.2) is 6.26 Å². The van der Waals surface area contributed by atoms with Gasteiger partial charge in [0.1, 0.15) is 0 Å². The number of rotatable bonds is 5. The first kappa shape index (κ1) is 13.6. The molecule has 0 aromatic heterocycles.